The highest BCUT2D eigenvalue weighted by Crippen LogP contribution is 2.11. The molecule has 1 saturated heterocycles. The molecule has 0 spiro atoms. The first-order valence-corrected chi connectivity index (χ1v) is 8.57. The summed E-state index contributed by atoms with van der Waals surface area (Å²) in [6.45, 7) is 2.56. The van der Waals surface area contributed by atoms with Gasteiger partial charge in [0.15, 0.2) is 9.84 Å². The van der Waals surface area contributed by atoms with E-state index in [0.29, 0.717) is 19.4 Å². The molecule has 1 aliphatic rings. The average molecular weight is 296 g/mol. The number of hydrogen-bond donors (Lipinski definition) is 2. The van der Waals surface area contributed by atoms with Crippen LogP contribution < -0.4 is 10.6 Å². The number of sulfone groups is 1. The van der Waals surface area contributed by atoms with Crippen molar-refractivity contribution >= 4 is 21.4 Å². The van der Waals surface area contributed by atoms with Crippen LogP contribution >= 0.6 is 0 Å². The number of carbonyl (C=O) groups excluding carboxylic acids is 1. The normalized spacial score (nSPS) is 20.6. The molecule has 20 heavy (non-hydrogen) atoms. The number of hydrogen-bond acceptors (Lipinski definition) is 4. The second-order valence-corrected chi connectivity index (χ2v) is 7.44. The molecule has 0 aliphatic carbocycles. The van der Waals surface area contributed by atoms with Gasteiger partial charge in [-0.1, -0.05) is 17.7 Å². The molecule has 6 heteroatoms. The fourth-order valence-corrected chi connectivity index (χ4v) is 3.87. The lowest BCUT2D eigenvalue weighted by atomic mass is 10.2. The van der Waals surface area contributed by atoms with Gasteiger partial charge in [0.1, 0.15) is 0 Å². The largest absolute Gasteiger partial charge is 0.385 e. The van der Waals surface area contributed by atoms with E-state index in [4.69, 9.17) is 0 Å². The zero-order valence-electron chi connectivity index (χ0n) is 11.6. The molecule has 0 bridgehead atoms. The number of amides is 1. The molecular weight excluding hydrogens is 276 g/mol. The molecule has 0 saturated carbocycles. The Labute approximate surface area is 119 Å². The quantitative estimate of drug-likeness (QED) is 0.853. The van der Waals surface area contributed by atoms with E-state index >= 15 is 0 Å². The van der Waals surface area contributed by atoms with E-state index in [1.807, 2.05) is 31.2 Å². The molecule has 110 valence electrons. The highest BCUT2D eigenvalue weighted by atomic mass is 32.2. The molecule has 1 aromatic carbocycles. The first-order chi connectivity index (χ1) is 9.44. The molecule has 0 aromatic heterocycles. The Morgan fingerprint density at radius 1 is 1.30 bits per heavy atom. The van der Waals surface area contributed by atoms with E-state index in [0.717, 1.165) is 5.69 Å². The van der Waals surface area contributed by atoms with Crippen LogP contribution in [0.3, 0.4) is 0 Å². The van der Waals surface area contributed by atoms with Crippen molar-refractivity contribution in [3.63, 3.8) is 0 Å². The molecule has 1 aliphatic heterocycles. The maximum atomic E-state index is 11.7. The Morgan fingerprint density at radius 2 is 2.00 bits per heavy atom. The third-order valence-electron chi connectivity index (χ3n) is 3.33. The second-order valence-electron chi connectivity index (χ2n) is 5.21. The maximum Gasteiger partial charge on any atom is 0.222 e. The first kappa shape index (κ1) is 14.8. The lowest BCUT2D eigenvalue weighted by Crippen LogP contribution is -2.36. The number of nitrogens with one attached hydrogen (secondary N) is 2. The van der Waals surface area contributed by atoms with Crippen molar-refractivity contribution in [2.75, 3.05) is 23.4 Å². The van der Waals surface area contributed by atoms with E-state index in [1.165, 1.54) is 5.56 Å². The van der Waals surface area contributed by atoms with Gasteiger partial charge in [-0.05, 0) is 25.5 Å². The fourth-order valence-electron chi connectivity index (χ4n) is 2.20. The molecule has 1 amide bonds. The smallest absolute Gasteiger partial charge is 0.222 e. The van der Waals surface area contributed by atoms with Gasteiger partial charge in [-0.25, -0.2) is 8.42 Å². The number of carbonyl (C=O) groups is 1. The van der Waals surface area contributed by atoms with Gasteiger partial charge in [-0.2, -0.15) is 0 Å². The van der Waals surface area contributed by atoms with E-state index in [-0.39, 0.29) is 23.5 Å². The van der Waals surface area contributed by atoms with Crippen LogP contribution in [-0.2, 0) is 14.6 Å². The predicted octanol–water partition coefficient (Wildman–Crippen LogP) is 1.10. The van der Waals surface area contributed by atoms with Gasteiger partial charge < -0.3 is 10.6 Å². The third kappa shape index (κ3) is 4.52. The van der Waals surface area contributed by atoms with Crippen molar-refractivity contribution in [2.24, 2.45) is 0 Å². The van der Waals surface area contributed by atoms with Gasteiger partial charge in [0.05, 0.1) is 11.5 Å². The van der Waals surface area contributed by atoms with Crippen LogP contribution in [0.2, 0.25) is 0 Å². The van der Waals surface area contributed by atoms with Crippen molar-refractivity contribution in [2.45, 2.75) is 25.8 Å². The Balaban J connectivity index is 1.69. The van der Waals surface area contributed by atoms with Crippen molar-refractivity contribution in [1.29, 1.82) is 0 Å². The second kappa shape index (κ2) is 6.26. The van der Waals surface area contributed by atoms with E-state index < -0.39 is 9.84 Å². The van der Waals surface area contributed by atoms with Gasteiger partial charge in [0.25, 0.3) is 0 Å². The SMILES string of the molecule is Cc1ccc(NCCC(=O)NC2CCS(=O)(=O)C2)cc1. The lowest BCUT2D eigenvalue weighted by Gasteiger charge is -2.11. The molecule has 1 heterocycles. The van der Waals surface area contributed by atoms with Crippen molar-refractivity contribution in [3.8, 4) is 0 Å². The van der Waals surface area contributed by atoms with Gasteiger partial charge in [0.2, 0.25) is 5.91 Å². The van der Waals surface area contributed by atoms with Crippen LogP contribution in [0.4, 0.5) is 5.69 Å². The Hall–Kier alpha value is -1.56. The molecule has 5 nitrogen and oxygen atoms in total. The minimum atomic E-state index is -2.94. The van der Waals surface area contributed by atoms with Gasteiger partial charge in [-0.15, -0.1) is 0 Å². The van der Waals surface area contributed by atoms with Gasteiger partial charge >= 0.3 is 0 Å². The molecule has 1 fully saturated rings. The van der Waals surface area contributed by atoms with Crippen LogP contribution in [0.25, 0.3) is 0 Å². The van der Waals surface area contributed by atoms with E-state index in [1.54, 1.807) is 0 Å². The summed E-state index contributed by atoms with van der Waals surface area (Å²) in [5.74, 6) is 0.149. The number of aryl methyl sites for hydroxylation is 1. The lowest BCUT2D eigenvalue weighted by molar-refractivity contribution is -0.121. The molecule has 1 unspecified atom stereocenters. The van der Waals surface area contributed by atoms with Crippen molar-refractivity contribution in [3.05, 3.63) is 29.8 Å². The Bertz CT molecular complexity index is 567. The predicted molar refractivity (Wildman–Crippen MR) is 79.5 cm³/mol. The van der Waals surface area contributed by atoms with E-state index in [2.05, 4.69) is 10.6 Å². The van der Waals surface area contributed by atoms with Crippen LogP contribution in [0, 0.1) is 6.92 Å². The molecular formula is C14H20N2O3S. The zero-order valence-corrected chi connectivity index (χ0v) is 12.4. The standard InChI is InChI=1S/C14H20N2O3S/c1-11-2-4-12(5-3-11)15-8-6-14(17)16-13-7-9-20(18,19)10-13/h2-5,13,15H,6-10H2,1H3,(H,16,17). The minimum Gasteiger partial charge on any atom is -0.385 e. The summed E-state index contributed by atoms with van der Waals surface area (Å²) < 4.78 is 22.6. The van der Waals surface area contributed by atoms with E-state index in [9.17, 15) is 13.2 Å². The van der Waals surface area contributed by atoms with Gasteiger partial charge in [-0.3, -0.25) is 4.79 Å². The Kier molecular flexibility index (Phi) is 4.65. The summed E-state index contributed by atoms with van der Waals surface area (Å²) in [5.41, 5.74) is 2.17. The topological polar surface area (TPSA) is 75.3 Å². The summed E-state index contributed by atoms with van der Waals surface area (Å²) in [6, 6.07) is 7.73. The number of rotatable bonds is 5. The van der Waals surface area contributed by atoms with Crippen LogP contribution in [0.1, 0.15) is 18.4 Å². The van der Waals surface area contributed by atoms with Crippen molar-refractivity contribution < 1.29 is 13.2 Å². The summed E-state index contributed by atoms with van der Waals surface area (Å²) in [5, 5.41) is 5.94. The molecule has 2 rings (SSSR count). The maximum absolute atomic E-state index is 11.7. The first-order valence-electron chi connectivity index (χ1n) is 6.75. The number of anilines is 1. The number of benzene rings is 1. The molecule has 0 radical (unpaired) electrons. The van der Waals surface area contributed by atoms with Crippen LogP contribution in [-0.4, -0.2) is 38.4 Å². The highest BCUT2D eigenvalue weighted by molar-refractivity contribution is 7.91. The van der Waals surface area contributed by atoms with Crippen molar-refractivity contribution in [1.82, 2.24) is 5.32 Å². The average Bonchev–Trinajstić information content (AvgIpc) is 2.71. The zero-order chi connectivity index (χ0) is 14.6. The third-order valence-corrected chi connectivity index (χ3v) is 5.10. The molecule has 2 N–H and O–H groups in total. The summed E-state index contributed by atoms with van der Waals surface area (Å²) >= 11 is 0. The van der Waals surface area contributed by atoms with Gasteiger partial charge in [0, 0.05) is 24.7 Å². The van der Waals surface area contributed by atoms with Crippen LogP contribution in [0.15, 0.2) is 24.3 Å². The summed E-state index contributed by atoms with van der Waals surface area (Å²) in [6.07, 6.45) is 0.865. The molecule has 1 atom stereocenters. The minimum absolute atomic E-state index is 0.0735. The monoisotopic (exact) mass is 296 g/mol. The Morgan fingerprint density at radius 3 is 2.60 bits per heavy atom. The van der Waals surface area contributed by atoms with Crippen LogP contribution in [0.5, 0.6) is 0 Å². The summed E-state index contributed by atoms with van der Waals surface area (Å²) in [7, 11) is -2.94. The highest BCUT2D eigenvalue weighted by Gasteiger charge is 2.28. The summed E-state index contributed by atoms with van der Waals surface area (Å²) in [4.78, 5) is 11.7. The molecule has 1 aromatic rings. The fraction of sp³-hybridized carbons (Fsp3) is 0.500.